The first kappa shape index (κ1) is 33.6. The van der Waals surface area contributed by atoms with E-state index in [-0.39, 0.29) is 51.0 Å². The maximum atomic E-state index is 12.6. The van der Waals surface area contributed by atoms with E-state index in [1.54, 1.807) is 27.7 Å². The van der Waals surface area contributed by atoms with Crippen LogP contribution < -0.4 is 10.6 Å². The summed E-state index contributed by atoms with van der Waals surface area (Å²) in [7, 11) is -3.83. The van der Waals surface area contributed by atoms with E-state index in [1.807, 2.05) is 0 Å². The van der Waals surface area contributed by atoms with E-state index in [4.69, 9.17) is 13.6 Å². The van der Waals surface area contributed by atoms with Gasteiger partial charge in [-0.25, -0.2) is 9.36 Å². The minimum Gasteiger partial charge on any atom is -0.463 e. The summed E-state index contributed by atoms with van der Waals surface area (Å²) < 4.78 is 32.5. The number of rotatable bonds is 16. The Kier molecular flexibility index (Phi) is 14.7. The Labute approximate surface area is 225 Å². The number of phosphoric acid groups is 1. The van der Waals surface area contributed by atoms with E-state index in [1.165, 1.54) is 0 Å². The van der Waals surface area contributed by atoms with Crippen LogP contribution in [0.1, 0.15) is 47.0 Å². The molecule has 0 aromatic heterocycles. The van der Waals surface area contributed by atoms with E-state index in [9.17, 15) is 33.3 Å². The number of allylic oxidation sites excluding steroid dienone is 1. The van der Waals surface area contributed by atoms with Crippen molar-refractivity contribution in [3.05, 3.63) is 12.2 Å². The predicted octanol–water partition coefficient (Wildman–Crippen LogP) is 1.49. The lowest BCUT2D eigenvalue weighted by atomic mass is 9.87. The molecule has 2 N–H and O–H groups in total. The van der Waals surface area contributed by atoms with Crippen molar-refractivity contribution >= 4 is 54.1 Å². The molecule has 1 unspecified atom stereocenters. The maximum Gasteiger partial charge on any atom is 0.475 e. The van der Waals surface area contributed by atoms with Gasteiger partial charge in [0.15, 0.2) is 17.0 Å². The van der Waals surface area contributed by atoms with Crippen LogP contribution in [0.25, 0.3) is 0 Å². The molecule has 1 rings (SSSR count). The number of esters is 1. The Bertz CT molecular complexity index is 967. The average Bonchev–Trinajstić information content (AvgIpc) is 2.82. The summed E-state index contributed by atoms with van der Waals surface area (Å²) in [5, 5.41) is 4.71. The molecule has 0 spiro atoms. The summed E-state index contributed by atoms with van der Waals surface area (Å²) >= 11 is 0.835. The molecule has 38 heavy (non-hydrogen) atoms. The number of thioether (sulfide) groups is 1. The second-order valence-electron chi connectivity index (χ2n) is 8.67. The van der Waals surface area contributed by atoms with Crippen molar-refractivity contribution in [3.8, 4) is 0 Å². The lowest BCUT2D eigenvalue weighted by Gasteiger charge is -2.39. The van der Waals surface area contributed by atoms with E-state index >= 15 is 0 Å². The molecule has 13 nitrogen and oxygen atoms in total. The van der Waals surface area contributed by atoms with Crippen LogP contribution >= 0.6 is 19.6 Å². The number of carbonyl (C=O) groups is 6. The first-order chi connectivity index (χ1) is 17.8. The van der Waals surface area contributed by atoms with Crippen LogP contribution in [0.2, 0.25) is 0 Å². The van der Waals surface area contributed by atoms with Crippen LogP contribution in [0.4, 0.5) is 0 Å². The van der Waals surface area contributed by atoms with E-state index < -0.39 is 60.7 Å². The zero-order valence-electron chi connectivity index (χ0n) is 21.9. The lowest BCUT2D eigenvalue weighted by Crippen LogP contribution is -2.50. The molecule has 2 atom stereocenters. The van der Waals surface area contributed by atoms with Gasteiger partial charge in [-0.05, 0) is 19.9 Å². The average molecular weight is 579 g/mol. The predicted molar refractivity (Wildman–Crippen MR) is 137 cm³/mol. The molecular weight excluding hydrogens is 543 g/mol. The van der Waals surface area contributed by atoms with Crippen molar-refractivity contribution < 1.29 is 51.6 Å². The van der Waals surface area contributed by atoms with Crippen LogP contribution in [0.5, 0.6) is 0 Å². The summed E-state index contributed by atoms with van der Waals surface area (Å²) in [6.45, 7) is 7.04. The number of ketones is 2. The molecule has 0 aromatic rings. The molecule has 1 aliphatic rings. The quantitative estimate of drug-likeness (QED) is 0.0887. The molecule has 0 aliphatic carbocycles. The largest absolute Gasteiger partial charge is 0.475 e. The van der Waals surface area contributed by atoms with Gasteiger partial charge in [0.1, 0.15) is 5.78 Å². The molecule has 1 saturated heterocycles. The SMILES string of the molecule is CCOC(=O)/C=C/C(=O)CC(=O)CC(=O)SCCNC(=O)CCNC(=O)[C@@H]1OP(=O)(OCC)OCC1(C)C. The van der Waals surface area contributed by atoms with Crippen LogP contribution in [0.15, 0.2) is 12.2 Å². The topological polar surface area (TPSA) is 180 Å². The van der Waals surface area contributed by atoms with Crippen molar-refractivity contribution in [3.63, 3.8) is 0 Å². The van der Waals surface area contributed by atoms with Gasteiger partial charge in [0, 0.05) is 36.8 Å². The third-order valence-corrected chi connectivity index (χ3v) is 7.17. The fraction of sp³-hybridized carbons (Fsp3) is 0.652. The monoisotopic (exact) mass is 578 g/mol. The fourth-order valence-corrected chi connectivity index (χ4v) is 5.30. The van der Waals surface area contributed by atoms with Crippen molar-refractivity contribution in [2.45, 2.75) is 53.1 Å². The third-order valence-electron chi connectivity index (χ3n) is 4.81. The van der Waals surface area contributed by atoms with E-state index in [0.29, 0.717) is 0 Å². The lowest BCUT2D eigenvalue weighted by molar-refractivity contribution is -0.141. The van der Waals surface area contributed by atoms with Crippen molar-refractivity contribution in [1.82, 2.24) is 10.6 Å². The van der Waals surface area contributed by atoms with Gasteiger partial charge in [0.2, 0.25) is 11.8 Å². The normalized spacial score (nSPS) is 20.5. The van der Waals surface area contributed by atoms with Crippen LogP contribution in [0.3, 0.4) is 0 Å². The van der Waals surface area contributed by atoms with Gasteiger partial charge in [-0.15, -0.1) is 0 Å². The molecule has 0 bridgehead atoms. The van der Waals surface area contributed by atoms with Crippen LogP contribution in [0, 0.1) is 5.41 Å². The summed E-state index contributed by atoms with van der Waals surface area (Å²) in [5.74, 6) is -2.62. The van der Waals surface area contributed by atoms with E-state index in [0.717, 1.165) is 23.9 Å². The molecule has 15 heteroatoms. The molecule has 214 valence electrons. The van der Waals surface area contributed by atoms with Gasteiger partial charge in [0.25, 0.3) is 0 Å². The Balaban J connectivity index is 2.27. The number of phosphoric ester groups is 1. The number of nitrogens with one attached hydrogen (secondary N) is 2. The highest BCUT2D eigenvalue weighted by Gasteiger charge is 2.48. The van der Waals surface area contributed by atoms with Gasteiger partial charge in [0.05, 0.1) is 32.7 Å². The van der Waals surface area contributed by atoms with Gasteiger partial charge in [-0.2, -0.15) is 0 Å². The van der Waals surface area contributed by atoms with Crippen molar-refractivity contribution in [2.75, 3.05) is 38.7 Å². The minimum absolute atomic E-state index is 0.000380. The third kappa shape index (κ3) is 12.9. The number of carbonyl (C=O) groups excluding carboxylic acids is 6. The molecule has 1 fully saturated rings. The first-order valence-corrected chi connectivity index (χ1v) is 14.4. The van der Waals surface area contributed by atoms with Gasteiger partial charge < -0.3 is 15.4 Å². The molecule has 0 aromatic carbocycles. The maximum absolute atomic E-state index is 12.6. The number of hydrogen-bond donors (Lipinski definition) is 2. The second-order valence-corrected chi connectivity index (χ2v) is 11.4. The Hall–Kier alpha value is -2.38. The second kappa shape index (κ2) is 16.6. The van der Waals surface area contributed by atoms with Crippen molar-refractivity contribution in [1.29, 1.82) is 0 Å². The molecule has 0 saturated carbocycles. The molecule has 2 amide bonds. The Morgan fingerprint density at radius 1 is 1.03 bits per heavy atom. The highest BCUT2D eigenvalue weighted by molar-refractivity contribution is 8.13. The number of amides is 2. The molecule has 1 heterocycles. The van der Waals surface area contributed by atoms with Crippen LogP contribution in [-0.2, 0) is 51.6 Å². The zero-order valence-corrected chi connectivity index (χ0v) is 23.7. The summed E-state index contributed by atoms with van der Waals surface area (Å²) in [4.78, 5) is 71.1. The highest BCUT2D eigenvalue weighted by Crippen LogP contribution is 2.57. The molecular formula is C23H35N2O11PS. The fourth-order valence-electron chi connectivity index (χ4n) is 2.97. The summed E-state index contributed by atoms with van der Waals surface area (Å²) in [6.07, 6.45) is -0.247. The Morgan fingerprint density at radius 2 is 1.74 bits per heavy atom. The summed E-state index contributed by atoms with van der Waals surface area (Å²) in [6, 6.07) is 0. The molecule has 0 radical (unpaired) electrons. The highest BCUT2D eigenvalue weighted by atomic mass is 32.2. The standard InChI is InChI=1S/C23H35N2O11PS/c1-5-33-19(29)8-7-16(26)13-17(27)14-20(30)38-12-11-24-18(28)9-10-25-22(31)21-23(3,4)15-35-37(32,36-21)34-6-2/h7-8,21H,5-6,9-15H2,1-4H3,(H,24,28)(H,25,31)/b8-7+/t21-,37?/m0/s1. The van der Waals surface area contributed by atoms with Crippen LogP contribution in [-0.4, -0.2) is 79.2 Å². The Morgan fingerprint density at radius 3 is 2.39 bits per heavy atom. The van der Waals surface area contributed by atoms with Gasteiger partial charge in [-0.1, -0.05) is 25.6 Å². The smallest absolute Gasteiger partial charge is 0.463 e. The number of ether oxygens (including phenoxy) is 1. The summed E-state index contributed by atoms with van der Waals surface area (Å²) in [5.41, 5.74) is -0.769. The van der Waals surface area contributed by atoms with Gasteiger partial charge >= 0.3 is 13.8 Å². The first-order valence-electron chi connectivity index (χ1n) is 12.0. The minimum atomic E-state index is -3.83. The number of Topliss-reactive ketones (excluding diaryl/α,β-unsaturated/α-hetero) is 1. The van der Waals surface area contributed by atoms with Crippen molar-refractivity contribution in [2.24, 2.45) is 5.41 Å². The molecule has 1 aliphatic heterocycles. The van der Waals surface area contributed by atoms with Gasteiger partial charge in [-0.3, -0.25) is 37.5 Å². The zero-order chi connectivity index (χ0) is 28.8. The van der Waals surface area contributed by atoms with E-state index in [2.05, 4.69) is 15.4 Å². The number of hydrogen-bond acceptors (Lipinski definition) is 12.